The van der Waals surface area contributed by atoms with Crippen molar-refractivity contribution in [2.75, 3.05) is 13.1 Å². The summed E-state index contributed by atoms with van der Waals surface area (Å²) in [6, 6.07) is 3.83. The summed E-state index contributed by atoms with van der Waals surface area (Å²) in [6.45, 7) is 5.12. The van der Waals surface area contributed by atoms with Crippen LogP contribution in [0.5, 0.6) is 0 Å². The Morgan fingerprint density at radius 2 is 2.15 bits per heavy atom. The van der Waals surface area contributed by atoms with Crippen molar-refractivity contribution in [2.45, 2.75) is 39.3 Å². The van der Waals surface area contributed by atoms with E-state index in [1.54, 1.807) is 15.7 Å². The summed E-state index contributed by atoms with van der Waals surface area (Å²) in [5.74, 6) is -0.0980. The standard InChI is InChI=1S/C24H27N5O4S/c1-13(2)11-29-23-19(21(31)27(3)24(29)33)18(22(32)28-8-6-15(30)12-28)17(34-23)9-14-10-26-20-16(14)5-4-7-25-20/h4-5,7,10,13,15,30H,6,8-9,11-12H2,1-3H3,(H,25,26)/t15-/m1/s1. The molecular weight excluding hydrogens is 454 g/mol. The number of pyridine rings is 1. The van der Waals surface area contributed by atoms with Gasteiger partial charge in [0.25, 0.3) is 11.5 Å². The van der Waals surface area contributed by atoms with E-state index in [0.717, 1.165) is 26.0 Å². The summed E-state index contributed by atoms with van der Waals surface area (Å²) >= 11 is 1.33. The summed E-state index contributed by atoms with van der Waals surface area (Å²) in [5.41, 5.74) is 1.20. The number of aliphatic hydroxyl groups excluding tert-OH is 1. The lowest BCUT2D eigenvalue weighted by atomic mass is 10.1. The van der Waals surface area contributed by atoms with Crippen LogP contribution in [0.25, 0.3) is 21.3 Å². The molecule has 0 saturated carbocycles. The van der Waals surface area contributed by atoms with E-state index in [-0.39, 0.29) is 29.4 Å². The molecule has 34 heavy (non-hydrogen) atoms. The number of likely N-dealkylation sites (tertiary alicyclic amines) is 1. The van der Waals surface area contributed by atoms with E-state index in [2.05, 4.69) is 9.97 Å². The number of hydrogen-bond acceptors (Lipinski definition) is 6. The number of carbonyl (C=O) groups excluding carboxylic acids is 1. The van der Waals surface area contributed by atoms with Crippen LogP contribution < -0.4 is 11.2 Å². The van der Waals surface area contributed by atoms with Crippen molar-refractivity contribution < 1.29 is 9.90 Å². The van der Waals surface area contributed by atoms with Crippen molar-refractivity contribution >= 4 is 38.5 Å². The summed E-state index contributed by atoms with van der Waals surface area (Å²) in [4.78, 5) is 50.4. The van der Waals surface area contributed by atoms with Crippen molar-refractivity contribution in [1.29, 1.82) is 0 Å². The molecule has 1 atom stereocenters. The molecule has 10 heteroatoms. The fourth-order valence-electron chi connectivity index (χ4n) is 4.67. The maximum atomic E-state index is 13.7. The average molecular weight is 482 g/mol. The smallest absolute Gasteiger partial charge is 0.331 e. The zero-order valence-electron chi connectivity index (χ0n) is 19.4. The van der Waals surface area contributed by atoms with Crippen LogP contribution in [0.3, 0.4) is 0 Å². The van der Waals surface area contributed by atoms with E-state index in [4.69, 9.17) is 0 Å². The van der Waals surface area contributed by atoms with Crippen LogP contribution >= 0.6 is 11.3 Å². The molecule has 1 amide bonds. The molecule has 1 fully saturated rings. The third-order valence-corrected chi connectivity index (χ3v) is 7.56. The van der Waals surface area contributed by atoms with Gasteiger partial charge in [-0.15, -0.1) is 11.3 Å². The number of thiophene rings is 1. The molecule has 1 saturated heterocycles. The molecule has 5 heterocycles. The van der Waals surface area contributed by atoms with Crippen LogP contribution in [0, 0.1) is 5.92 Å². The minimum atomic E-state index is -0.570. The lowest BCUT2D eigenvalue weighted by Crippen LogP contribution is -2.39. The molecule has 9 nitrogen and oxygen atoms in total. The fraction of sp³-hybridized carbons (Fsp3) is 0.417. The minimum absolute atomic E-state index is 0.177. The highest BCUT2D eigenvalue weighted by Gasteiger charge is 2.32. The van der Waals surface area contributed by atoms with E-state index in [1.165, 1.54) is 18.4 Å². The molecule has 1 aliphatic heterocycles. The zero-order valence-corrected chi connectivity index (χ0v) is 20.2. The van der Waals surface area contributed by atoms with Crippen molar-refractivity contribution in [3.05, 3.63) is 61.4 Å². The maximum absolute atomic E-state index is 13.7. The van der Waals surface area contributed by atoms with Gasteiger partial charge in [0.1, 0.15) is 10.5 Å². The molecule has 0 aromatic carbocycles. The first-order valence-corrected chi connectivity index (χ1v) is 12.2. The van der Waals surface area contributed by atoms with E-state index >= 15 is 0 Å². The predicted octanol–water partition coefficient (Wildman–Crippen LogP) is 2.09. The van der Waals surface area contributed by atoms with Gasteiger partial charge in [-0.05, 0) is 30.0 Å². The van der Waals surface area contributed by atoms with Crippen LogP contribution in [-0.4, -0.2) is 54.2 Å². The van der Waals surface area contributed by atoms with Crippen LogP contribution in [0.15, 0.2) is 34.1 Å². The number of aliphatic hydroxyl groups is 1. The number of fused-ring (bicyclic) bond motifs is 2. The Hall–Kier alpha value is -3.24. The Kier molecular flexibility index (Phi) is 5.65. The first kappa shape index (κ1) is 22.5. The average Bonchev–Trinajstić information content (AvgIpc) is 3.52. The molecule has 0 spiro atoms. The monoisotopic (exact) mass is 481 g/mol. The van der Waals surface area contributed by atoms with Crippen LogP contribution in [-0.2, 0) is 20.0 Å². The van der Waals surface area contributed by atoms with Crippen molar-refractivity contribution in [3.63, 3.8) is 0 Å². The van der Waals surface area contributed by atoms with Gasteiger partial charge in [-0.3, -0.25) is 18.7 Å². The van der Waals surface area contributed by atoms with Gasteiger partial charge in [-0.2, -0.15) is 0 Å². The second-order valence-corrected chi connectivity index (χ2v) is 10.4. The molecule has 0 aliphatic carbocycles. The fourth-order valence-corrected chi connectivity index (χ4v) is 5.98. The predicted molar refractivity (Wildman–Crippen MR) is 132 cm³/mol. The van der Waals surface area contributed by atoms with Gasteiger partial charge in [-0.25, -0.2) is 9.78 Å². The largest absolute Gasteiger partial charge is 0.391 e. The molecule has 4 aromatic rings. The molecule has 2 N–H and O–H groups in total. The number of nitrogens with zero attached hydrogens (tertiary/aromatic N) is 4. The van der Waals surface area contributed by atoms with Gasteiger partial charge < -0.3 is 15.0 Å². The van der Waals surface area contributed by atoms with Crippen LogP contribution in [0.4, 0.5) is 0 Å². The number of aromatic nitrogens is 4. The Morgan fingerprint density at radius 1 is 1.35 bits per heavy atom. The SMILES string of the molecule is CC(C)Cn1c(=O)n(C)c(=O)c2c(C(=O)N3CC[C@@H](O)C3)c(Cc3c[nH]c4ncccc34)sc21. The number of β-amino-alcohol motifs (C(OH)–C–C–N with tert-alkyl or cyclic N) is 1. The Labute approximate surface area is 199 Å². The number of rotatable bonds is 5. The van der Waals surface area contributed by atoms with Gasteiger partial charge >= 0.3 is 5.69 Å². The Balaban J connectivity index is 1.76. The molecule has 178 valence electrons. The molecule has 1 aliphatic rings. The molecule has 4 aromatic heterocycles. The lowest BCUT2D eigenvalue weighted by Gasteiger charge is -2.17. The highest BCUT2D eigenvalue weighted by molar-refractivity contribution is 7.19. The van der Waals surface area contributed by atoms with Crippen LogP contribution in [0.1, 0.15) is 41.1 Å². The van der Waals surface area contributed by atoms with E-state index < -0.39 is 11.7 Å². The van der Waals surface area contributed by atoms with Gasteiger partial charge in [-0.1, -0.05) is 13.8 Å². The van der Waals surface area contributed by atoms with Crippen molar-refractivity contribution in [2.24, 2.45) is 13.0 Å². The minimum Gasteiger partial charge on any atom is -0.391 e. The molecule has 0 unspecified atom stereocenters. The normalized spacial score (nSPS) is 16.4. The summed E-state index contributed by atoms with van der Waals surface area (Å²) in [5, 5.41) is 11.3. The van der Waals surface area contributed by atoms with Gasteiger partial charge in [0, 0.05) is 55.8 Å². The molecular formula is C24H27N5O4S. The molecule has 5 rings (SSSR count). The highest BCUT2D eigenvalue weighted by Crippen LogP contribution is 2.34. The van der Waals surface area contributed by atoms with Crippen LogP contribution in [0.2, 0.25) is 0 Å². The quantitative estimate of drug-likeness (QED) is 0.453. The zero-order chi connectivity index (χ0) is 24.1. The first-order chi connectivity index (χ1) is 16.3. The topological polar surface area (TPSA) is 113 Å². The summed E-state index contributed by atoms with van der Waals surface area (Å²) < 4.78 is 2.70. The number of carbonyl (C=O) groups is 1. The third kappa shape index (κ3) is 3.67. The lowest BCUT2D eigenvalue weighted by molar-refractivity contribution is 0.0766. The molecule has 0 bridgehead atoms. The van der Waals surface area contributed by atoms with Crippen molar-refractivity contribution in [1.82, 2.24) is 24.0 Å². The number of amides is 1. The molecule has 0 radical (unpaired) electrons. The summed E-state index contributed by atoms with van der Waals surface area (Å²) in [6.07, 6.45) is 3.94. The van der Waals surface area contributed by atoms with Crippen molar-refractivity contribution in [3.8, 4) is 0 Å². The number of hydrogen-bond donors (Lipinski definition) is 2. The van der Waals surface area contributed by atoms with Gasteiger partial charge in [0.2, 0.25) is 0 Å². The van der Waals surface area contributed by atoms with E-state index in [9.17, 15) is 19.5 Å². The van der Waals surface area contributed by atoms with Gasteiger partial charge in [0.15, 0.2) is 0 Å². The Bertz CT molecular complexity index is 1530. The first-order valence-electron chi connectivity index (χ1n) is 11.4. The maximum Gasteiger partial charge on any atom is 0.331 e. The number of nitrogens with one attached hydrogen (secondary N) is 1. The van der Waals surface area contributed by atoms with E-state index in [1.807, 2.05) is 32.2 Å². The van der Waals surface area contributed by atoms with E-state index in [0.29, 0.717) is 36.3 Å². The van der Waals surface area contributed by atoms with Gasteiger partial charge in [0.05, 0.1) is 17.1 Å². The highest BCUT2D eigenvalue weighted by atomic mass is 32.1. The number of H-pyrrole nitrogens is 1. The summed E-state index contributed by atoms with van der Waals surface area (Å²) in [7, 11) is 1.46. The Morgan fingerprint density at radius 3 is 2.85 bits per heavy atom. The second-order valence-electron chi connectivity index (χ2n) is 9.32. The number of aromatic amines is 1. The second kappa shape index (κ2) is 8.52. The third-order valence-electron chi connectivity index (χ3n) is 6.34.